The maximum Gasteiger partial charge on any atom is 0.227 e. The summed E-state index contributed by atoms with van der Waals surface area (Å²) in [6.45, 7) is 10.9. The minimum absolute atomic E-state index is 0.0394. The second-order valence-corrected chi connectivity index (χ2v) is 6.21. The van der Waals surface area contributed by atoms with Crippen LogP contribution in [0.25, 0.3) is 0 Å². The molecule has 1 aliphatic heterocycles. The van der Waals surface area contributed by atoms with Gasteiger partial charge in [0.1, 0.15) is 0 Å². The van der Waals surface area contributed by atoms with Gasteiger partial charge in [0, 0.05) is 6.61 Å². The summed E-state index contributed by atoms with van der Waals surface area (Å²) in [7, 11) is 0. The van der Waals surface area contributed by atoms with Crippen LogP contribution >= 0.6 is 34.8 Å². The van der Waals surface area contributed by atoms with Crippen molar-refractivity contribution in [3.63, 3.8) is 0 Å². The normalized spacial score (nSPS) is 19.4. The molecule has 0 radical (unpaired) electrons. The van der Waals surface area contributed by atoms with Crippen LogP contribution in [0.2, 0.25) is 0 Å². The van der Waals surface area contributed by atoms with E-state index >= 15 is 0 Å². The van der Waals surface area contributed by atoms with Crippen LogP contribution in [0.15, 0.2) is 0 Å². The molecular formula is C16H28Cl3NO. The third-order valence-electron chi connectivity index (χ3n) is 2.17. The molecule has 5 heteroatoms. The Morgan fingerprint density at radius 2 is 1.43 bits per heavy atom. The van der Waals surface area contributed by atoms with Crippen LogP contribution in [0, 0.1) is 37.0 Å². The van der Waals surface area contributed by atoms with Crippen LogP contribution in [-0.2, 0) is 4.74 Å². The first-order valence-electron chi connectivity index (χ1n) is 6.64. The van der Waals surface area contributed by atoms with Gasteiger partial charge in [-0.15, -0.1) is 25.7 Å². The molecule has 1 rings (SSSR count). The average molecular weight is 357 g/mol. The maximum absolute atomic E-state index is 6.75. The second kappa shape index (κ2) is 19.6. The van der Waals surface area contributed by atoms with E-state index in [0.29, 0.717) is 6.10 Å². The standard InChI is InChI=1S/C7H14O.C3H4Cl3N.C2H6.2C2H2/c1-6-3-4-8-7(2)5-6;1-2(7)3(4,5)6;3*1-2/h6-7H,3-5H2,1-2H3;7H,1H3;1-2H3;2*1-2H/t6-,7-;;;;/m1..../s1. The van der Waals surface area contributed by atoms with Gasteiger partial charge in [0.25, 0.3) is 0 Å². The number of rotatable bonds is 0. The van der Waals surface area contributed by atoms with Gasteiger partial charge in [0.05, 0.1) is 11.8 Å². The lowest BCUT2D eigenvalue weighted by atomic mass is 9.99. The Morgan fingerprint density at radius 3 is 1.57 bits per heavy atom. The average Bonchev–Trinajstić information content (AvgIpc) is 2.45. The maximum atomic E-state index is 6.75. The Labute approximate surface area is 146 Å². The van der Waals surface area contributed by atoms with Crippen LogP contribution in [-0.4, -0.2) is 22.2 Å². The van der Waals surface area contributed by atoms with Gasteiger partial charge in [-0.3, -0.25) is 0 Å². The lowest BCUT2D eigenvalue weighted by Crippen LogP contribution is -2.20. The number of hydrogen-bond acceptors (Lipinski definition) is 2. The van der Waals surface area contributed by atoms with Gasteiger partial charge in [-0.1, -0.05) is 55.6 Å². The van der Waals surface area contributed by atoms with Gasteiger partial charge >= 0.3 is 0 Å². The van der Waals surface area contributed by atoms with Gasteiger partial charge in [-0.25, -0.2) is 0 Å². The van der Waals surface area contributed by atoms with E-state index in [1.807, 2.05) is 13.8 Å². The lowest BCUT2D eigenvalue weighted by molar-refractivity contribution is 0.00682. The molecule has 0 aromatic rings. The van der Waals surface area contributed by atoms with E-state index in [1.54, 1.807) is 0 Å². The number of ether oxygens (including phenoxy) is 1. The fourth-order valence-corrected chi connectivity index (χ4v) is 1.22. The minimum Gasteiger partial charge on any atom is -0.378 e. The summed E-state index contributed by atoms with van der Waals surface area (Å²) in [4.78, 5) is 0. The van der Waals surface area contributed by atoms with Crippen molar-refractivity contribution < 1.29 is 4.74 Å². The highest BCUT2D eigenvalue weighted by Gasteiger charge is 2.21. The van der Waals surface area contributed by atoms with E-state index in [0.717, 1.165) is 12.5 Å². The van der Waals surface area contributed by atoms with E-state index in [1.165, 1.54) is 19.8 Å². The topological polar surface area (TPSA) is 33.1 Å². The molecule has 0 aromatic heterocycles. The van der Waals surface area contributed by atoms with Crippen LogP contribution in [0.5, 0.6) is 0 Å². The van der Waals surface area contributed by atoms with Crippen molar-refractivity contribution in [1.29, 1.82) is 5.41 Å². The molecule has 0 amide bonds. The Hall–Kier alpha value is -0.380. The number of hydrogen-bond donors (Lipinski definition) is 1. The second-order valence-electron chi connectivity index (χ2n) is 3.93. The van der Waals surface area contributed by atoms with E-state index in [-0.39, 0.29) is 5.71 Å². The van der Waals surface area contributed by atoms with Gasteiger partial charge in [-0.05, 0) is 32.6 Å². The summed E-state index contributed by atoms with van der Waals surface area (Å²) in [5.41, 5.74) is 0.0394. The van der Waals surface area contributed by atoms with Crippen molar-refractivity contribution in [3.8, 4) is 25.7 Å². The van der Waals surface area contributed by atoms with Gasteiger partial charge in [0.15, 0.2) is 0 Å². The molecule has 0 aromatic carbocycles. The fourth-order valence-electron chi connectivity index (χ4n) is 1.22. The quantitative estimate of drug-likeness (QED) is 0.335. The van der Waals surface area contributed by atoms with Crippen LogP contribution in [0.4, 0.5) is 0 Å². The first kappa shape index (κ1) is 28.7. The van der Waals surface area contributed by atoms with Crippen LogP contribution < -0.4 is 0 Å². The summed E-state index contributed by atoms with van der Waals surface area (Å²) in [5.74, 6) is 0.888. The molecular weight excluding hydrogens is 329 g/mol. The molecule has 0 aliphatic carbocycles. The SMILES string of the molecule is C#C.C#C.CC.CC(=N)C(Cl)(Cl)Cl.C[C@@H]1CCO[C@H](C)C1. The van der Waals surface area contributed by atoms with Gasteiger partial charge in [-0.2, -0.15) is 0 Å². The van der Waals surface area contributed by atoms with Gasteiger partial charge in [0.2, 0.25) is 3.79 Å². The molecule has 1 aliphatic rings. The first-order valence-corrected chi connectivity index (χ1v) is 7.77. The lowest BCUT2D eigenvalue weighted by Gasteiger charge is -2.23. The molecule has 1 heterocycles. The predicted octanol–water partition coefficient (Wildman–Crippen LogP) is 5.74. The predicted molar refractivity (Wildman–Crippen MR) is 98.6 cm³/mol. The highest BCUT2D eigenvalue weighted by molar-refractivity contribution is 6.76. The van der Waals surface area contributed by atoms with E-state index in [9.17, 15) is 0 Å². The smallest absolute Gasteiger partial charge is 0.227 e. The van der Waals surface area contributed by atoms with Crippen molar-refractivity contribution in [1.82, 2.24) is 0 Å². The molecule has 124 valence electrons. The monoisotopic (exact) mass is 355 g/mol. The molecule has 2 atom stereocenters. The highest BCUT2D eigenvalue weighted by atomic mass is 35.6. The summed E-state index contributed by atoms with van der Waals surface area (Å²) >= 11 is 15.5. The van der Waals surface area contributed by atoms with E-state index in [2.05, 4.69) is 39.5 Å². The summed E-state index contributed by atoms with van der Waals surface area (Å²) in [5, 5.41) is 6.75. The number of alkyl halides is 3. The first-order chi connectivity index (χ1) is 9.73. The molecule has 1 fully saturated rings. The van der Waals surface area contributed by atoms with Crippen molar-refractivity contribution in [3.05, 3.63) is 0 Å². The summed E-state index contributed by atoms with van der Waals surface area (Å²) in [6.07, 6.45) is 19.0. The molecule has 0 bridgehead atoms. The van der Waals surface area contributed by atoms with Crippen molar-refractivity contribution in [2.45, 2.75) is 57.4 Å². The fraction of sp³-hybridized carbons (Fsp3) is 0.688. The Kier molecular flexibility index (Phi) is 26.8. The Bertz CT molecular complexity index is 256. The molecule has 1 N–H and O–H groups in total. The van der Waals surface area contributed by atoms with Crippen molar-refractivity contribution in [2.75, 3.05) is 6.61 Å². The molecule has 21 heavy (non-hydrogen) atoms. The molecule has 0 saturated carbocycles. The zero-order chi connectivity index (χ0) is 18.1. The number of halogens is 3. The van der Waals surface area contributed by atoms with Gasteiger partial charge < -0.3 is 10.1 Å². The Balaban J connectivity index is -0.000000102. The third-order valence-corrected chi connectivity index (χ3v) is 3.02. The van der Waals surface area contributed by atoms with E-state index in [4.69, 9.17) is 44.9 Å². The summed E-state index contributed by atoms with van der Waals surface area (Å²) < 4.78 is 3.85. The third kappa shape index (κ3) is 25.0. The van der Waals surface area contributed by atoms with Crippen molar-refractivity contribution in [2.24, 2.45) is 5.92 Å². The van der Waals surface area contributed by atoms with Crippen molar-refractivity contribution >= 4 is 40.5 Å². The highest BCUT2D eigenvalue weighted by Crippen LogP contribution is 2.26. The zero-order valence-electron chi connectivity index (χ0n) is 13.6. The zero-order valence-corrected chi connectivity index (χ0v) is 15.9. The Morgan fingerprint density at radius 1 is 1.10 bits per heavy atom. The number of terminal acetylenes is 2. The molecule has 1 saturated heterocycles. The number of nitrogens with one attached hydrogen (secondary N) is 1. The summed E-state index contributed by atoms with van der Waals surface area (Å²) in [6, 6.07) is 0. The van der Waals surface area contributed by atoms with Crippen LogP contribution in [0.1, 0.15) is 47.5 Å². The molecule has 0 spiro atoms. The minimum atomic E-state index is -1.50. The molecule has 0 unspecified atom stereocenters. The van der Waals surface area contributed by atoms with E-state index < -0.39 is 3.79 Å². The largest absolute Gasteiger partial charge is 0.378 e. The molecule has 2 nitrogen and oxygen atoms in total. The van der Waals surface area contributed by atoms with Crippen LogP contribution in [0.3, 0.4) is 0 Å².